The zero-order valence-corrected chi connectivity index (χ0v) is 24.4. The van der Waals surface area contributed by atoms with Gasteiger partial charge in [-0.25, -0.2) is 27.9 Å². The second-order valence-corrected chi connectivity index (χ2v) is 12.1. The number of benzene rings is 2. The number of rotatable bonds is 7. The summed E-state index contributed by atoms with van der Waals surface area (Å²) in [5, 5.41) is 9.61. The van der Waals surface area contributed by atoms with Gasteiger partial charge in [0.1, 0.15) is 29.5 Å². The first kappa shape index (κ1) is 29.1. The molecular formula is C32H30ClF3N4O4. The summed E-state index contributed by atoms with van der Waals surface area (Å²) in [7, 11) is 0. The molecule has 2 aromatic carbocycles. The summed E-state index contributed by atoms with van der Waals surface area (Å²) >= 11 is 5.88. The Bertz CT molecular complexity index is 1740. The van der Waals surface area contributed by atoms with Crippen molar-refractivity contribution in [3.05, 3.63) is 87.6 Å². The fourth-order valence-corrected chi connectivity index (χ4v) is 6.76. The third-order valence-corrected chi connectivity index (χ3v) is 9.27. The predicted molar refractivity (Wildman–Crippen MR) is 156 cm³/mol. The fraction of sp³-hybridized carbons (Fsp3) is 0.406. The SMILES string of the molecule is O=C(O)c1ccc2nc(CN3CCC(c4cccc5c4C(F)(F)[C@H](c4ccc(Cl)cc4F)CO5)CC3)n(C[C@@H]3CCO3)c2n1. The summed E-state index contributed by atoms with van der Waals surface area (Å²) in [6, 6.07) is 11.9. The highest BCUT2D eigenvalue weighted by molar-refractivity contribution is 6.30. The lowest BCUT2D eigenvalue weighted by molar-refractivity contribution is -0.0652. The normalized spacial score (nSPS) is 21.9. The van der Waals surface area contributed by atoms with Crippen LogP contribution in [0.25, 0.3) is 11.2 Å². The number of halogens is 4. The van der Waals surface area contributed by atoms with E-state index in [0.717, 1.165) is 18.3 Å². The number of hydrogen-bond acceptors (Lipinski definition) is 6. The summed E-state index contributed by atoms with van der Waals surface area (Å²) in [4.78, 5) is 22.9. The lowest BCUT2D eigenvalue weighted by Gasteiger charge is -2.38. The van der Waals surface area contributed by atoms with E-state index in [1.54, 1.807) is 24.3 Å². The van der Waals surface area contributed by atoms with Gasteiger partial charge in [0.05, 0.1) is 30.7 Å². The van der Waals surface area contributed by atoms with Crippen LogP contribution in [0.3, 0.4) is 0 Å². The minimum atomic E-state index is -3.34. The summed E-state index contributed by atoms with van der Waals surface area (Å²) < 4.78 is 60.6. The van der Waals surface area contributed by atoms with Crippen molar-refractivity contribution in [3.8, 4) is 5.75 Å². The molecule has 0 saturated carbocycles. The van der Waals surface area contributed by atoms with Crippen LogP contribution in [-0.2, 0) is 23.7 Å². The lowest BCUT2D eigenvalue weighted by Crippen LogP contribution is -2.38. The number of alkyl halides is 2. The average Bonchev–Trinajstić information content (AvgIpc) is 3.31. The topological polar surface area (TPSA) is 89.7 Å². The molecule has 12 heteroatoms. The van der Waals surface area contributed by atoms with E-state index in [2.05, 4.69) is 9.88 Å². The molecule has 2 fully saturated rings. The number of carboxylic acid groups (broad SMARTS) is 1. The fourth-order valence-electron chi connectivity index (χ4n) is 6.60. The molecule has 1 N–H and O–H groups in total. The Labute approximate surface area is 256 Å². The largest absolute Gasteiger partial charge is 0.492 e. The number of ether oxygens (including phenoxy) is 2. The van der Waals surface area contributed by atoms with E-state index >= 15 is 8.78 Å². The number of likely N-dealkylation sites (tertiary alicyclic amines) is 1. The van der Waals surface area contributed by atoms with Crippen LogP contribution in [0.5, 0.6) is 5.75 Å². The smallest absolute Gasteiger partial charge is 0.354 e. The van der Waals surface area contributed by atoms with Gasteiger partial charge in [-0.2, -0.15) is 0 Å². The molecule has 0 radical (unpaired) electrons. The van der Waals surface area contributed by atoms with Crippen LogP contribution in [0.2, 0.25) is 5.02 Å². The zero-order valence-electron chi connectivity index (χ0n) is 23.7. The number of imidazole rings is 1. The molecular weight excluding hydrogens is 597 g/mol. The lowest BCUT2D eigenvalue weighted by atomic mass is 9.79. The summed E-state index contributed by atoms with van der Waals surface area (Å²) in [5.41, 5.74) is 1.33. The number of nitrogens with zero attached hydrogens (tertiary/aromatic N) is 4. The highest BCUT2D eigenvalue weighted by atomic mass is 35.5. The minimum absolute atomic E-state index is 0.0190. The Morgan fingerprint density at radius 2 is 1.86 bits per heavy atom. The highest BCUT2D eigenvalue weighted by Crippen LogP contribution is 2.53. The van der Waals surface area contributed by atoms with Crippen molar-refractivity contribution in [3.63, 3.8) is 0 Å². The maximum Gasteiger partial charge on any atom is 0.354 e. The van der Waals surface area contributed by atoms with E-state index in [0.29, 0.717) is 62.4 Å². The minimum Gasteiger partial charge on any atom is -0.492 e. The molecule has 3 aliphatic rings. The van der Waals surface area contributed by atoms with Gasteiger partial charge in [-0.1, -0.05) is 29.8 Å². The van der Waals surface area contributed by atoms with Gasteiger partial charge in [0.25, 0.3) is 5.92 Å². The van der Waals surface area contributed by atoms with Gasteiger partial charge in [0.15, 0.2) is 11.3 Å². The molecule has 0 unspecified atom stereocenters. The molecule has 44 heavy (non-hydrogen) atoms. The zero-order chi connectivity index (χ0) is 30.6. The van der Waals surface area contributed by atoms with Gasteiger partial charge < -0.3 is 19.1 Å². The van der Waals surface area contributed by atoms with E-state index < -0.39 is 23.6 Å². The molecule has 8 nitrogen and oxygen atoms in total. The van der Waals surface area contributed by atoms with E-state index in [1.807, 2.05) is 4.57 Å². The molecule has 230 valence electrons. The first-order chi connectivity index (χ1) is 21.2. The maximum absolute atomic E-state index is 16.2. The van der Waals surface area contributed by atoms with Crippen LogP contribution in [0.1, 0.15) is 64.1 Å². The number of fused-ring (bicyclic) bond motifs is 2. The molecule has 4 aromatic rings. The first-order valence-electron chi connectivity index (χ1n) is 14.7. The van der Waals surface area contributed by atoms with Crippen LogP contribution in [0, 0.1) is 5.82 Å². The molecule has 3 aliphatic heterocycles. The number of carboxylic acids is 1. The van der Waals surface area contributed by atoms with Crippen molar-refractivity contribution in [2.24, 2.45) is 0 Å². The van der Waals surface area contributed by atoms with Crippen molar-refractivity contribution in [1.29, 1.82) is 0 Å². The molecule has 0 aliphatic carbocycles. The van der Waals surface area contributed by atoms with Crippen LogP contribution < -0.4 is 4.74 Å². The summed E-state index contributed by atoms with van der Waals surface area (Å²) in [6.45, 7) is 2.67. The van der Waals surface area contributed by atoms with Crippen LogP contribution in [0.15, 0.2) is 48.5 Å². The van der Waals surface area contributed by atoms with E-state index in [9.17, 15) is 14.3 Å². The molecule has 0 spiro atoms. The van der Waals surface area contributed by atoms with Crippen molar-refractivity contribution >= 4 is 28.7 Å². The number of aromatic nitrogens is 3. The molecule has 7 rings (SSSR count). The Morgan fingerprint density at radius 1 is 1.07 bits per heavy atom. The van der Waals surface area contributed by atoms with Crippen LogP contribution >= 0.6 is 11.6 Å². The van der Waals surface area contributed by atoms with E-state index in [-0.39, 0.29) is 46.2 Å². The molecule has 0 amide bonds. The Hall–Kier alpha value is -3.67. The number of piperidine rings is 1. The number of carbonyl (C=O) groups is 1. The van der Waals surface area contributed by atoms with E-state index in [4.69, 9.17) is 26.1 Å². The van der Waals surface area contributed by atoms with Crippen molar-refractivity contribution in [2.75, 3.05) is 26.3 Å². The molecule has 0 bridgehead atoms. The maximum atomic E-state index is 16.2. The van der Waals surface area contributed by atoms with Crippen LogP contribution in [0.4, 0.5) is 13.2 Å². The first-order valence-corrected chi connectivity index (χ1v) is 15.1. The van der Waals surface area contributed by atoms with Gasteiger partial charge in [-0.3, -0.25) is 4.90 Å². The van der Waals surface area contributed by atoms with Gasteiger partial charge >= 0.3 is 5.97 Å². The van der Waals surface area contributed by atoms with Gasteiger partial charge in [0, 0.05) is 17.2 Å². The van der Waals surface area contributed by atoms with Crippen molar-refractivity contribution in [1.82, 2.24) is 19.4 Å². The van der Waals surface area contributed by atoms with Gasteiger partial charge in [-0.05, 0) is 74.2 Å². The Balaban J connectivity index is 1.11. The number of aromatic carboxylic acids is 1. The van der Waals surface area contributed by atoms with Crippen molar-refractivity contribution in [2.45, 2.75) is 56.2 Å². The van der Waals surface area contributed by atoms with Crippen LogP contribution in [-0.4, -0.2) is 62.9 Å². The van der Waals surface area contributed by atoms with Gasteiger partial charge in [-0.15, -0.1) is 0 Å². The summed E-state index contributed by atoms with van der Waals surface area (Å²) in [5.74, 6) is -5.93. The number of hydrogen-bond donors (Lipinski definition) is 1. The molecule has 2 saturated heterocycles. The third-order valence-electron chi connectivity index (χ3n) is 9.04. The molecule has 5 heterocycles. The molecule has 2 atom stereocenters. The Kier molecular flexibility index (Phi) is 7.50. The van der Waals surface area contributed by atoms with E-state index in [1.165, 1.54) is 18.2 Å². The number of pyridine rings is 1. The quantitative estimate of drug-likeness (QED) is 0.255. The highest BCUT2D eigenvalue weighted by Gasteiger charge is 2.51. The second kappa shape index (κ2) is 11.4. The second-order valence-electron chi connectivity index (χ2n) is 11.7. The van der Waals surface area contributed by atoms with Gasteiger partial charge in [0.2, 0.25) is 0 Å². The average molecular weight is 627 g/mol. The molecule has 2 aromatic heterocycles. The van der Waals surface area contributed by atoms with Crippen molar-refractivity contribution < 1.29 is 32.5 Å². The summed E-state index contributed by atoms with van der Waals surface area (Å²) in [6.07, 6.45) is 2.20. The Morgan fingerprint density at radius 3 is 2.57 bits per heavy atom. The third kappa shape index (κ3) is 5.20. The standard InChI is InChI=1S/C32H30ClF3N4O4/c33-19-4-5-22(24(34)14-19)23-17-44-27-3-1-2-21(29(27)32(23,35)36)18-8-11-39(12-9-18)16-28-37-25-6-7-26(31(41)42)38-30(25)40(28)15-20-10-13-43-20/h1-7,14,18,20,23H,8-13,15-17H2,(H,41,42)/t20-,23-/m0/s1. The predicted octanol–water partition coefficient (Wildman–Crippen LogP) is 6.36. The monoisotopic (exact) mass is 626 g/mol.